The first-order valence-electron chi connectivity index (χ1n) is 9.17. The van der Waals surface area contributed by atoms with Crippen LogP contribution < -0.4 is 5.73 Å². The van der Waals surface area contributed by atoms with E-state index in [2.05, 4.69) is 21.0 Å². The lowest BCUT2D eigenvalue weighted by atomic mass is 10.1. The van der Waals surface area contributed by atoms with Crippen molar-refractivity contribution in [2.75, 3.05) is 12.3 Å². The van der Waals surface area contributed by atoms with Gasteiger partial charge in [0.1, 0.15) is 11.9 Å². The molecule has 0 radical (unpaired) electrons. The highest BCUT2D eigenvalue weighted by Crippen LogP contribution is 2.20. The minimum atomic E-state index is -0.0737. The molecule has 0 fully saturated rings. The molecule has 1 amide bonds. The van der Waals surface area contributed by atoms with Gasteiger partial charge in [-0.2, -0.15) is 5.26 Å². The van der Waals surface area contributed by atoms with Crippen LogP contribution in [0.1, 0.15) is 22.3 Å². The molecule has 0 atom stereocenters. The molecule has 0 aliphatic carbocycles. The fourth-order valence-electron chi connectivity index (χ4n) is 3.21. The maximum absolute atomic E-state index is 13.2. The third kappa shape index (κ3) is 3.96. The topological polar surface area (TPSA) is 108 Å². The van der Waals surface area contributed by atoms with Crippen molar-refractivity contribution < 1.29 is 4.79 Å². The van der Waals surface area contributed by atoms with E-state index in [1.54, 1.807) is 35.5 Å². The summed E-state index contributed by atoms with van der Waals surface area (Å²) in [6.07, 6.45) is 5.58. The van der Waals surface area contributed by atoms with E-state index in [9.17, 15) is 10.1 Å². The standard InChI is InChI=1S/C22H18N6O/c23-13-18-12-17(5-6-19(18)24)22(27-20-14-25-8-9-26-20)28-10-7-15-1-3-16(4-2-15)11-21(28)29/h1-6,8-9,12,14H,7,10-11,24H2. The number of aromatic nitrogens is 2. The number of carbonyl (C=O) groups excluding carboxylic acids is 1. The van der Waals surface area contributed by atoms with Gasteiger partial charge in [-0.15, -0.1) is 0 Å². The zero-order valence-electron chi connectivity index (χ0n) is 15.6. The van der Waals surface area contributed by atoms with Crippen LogP contribution in [0.5, 0.6) is 0 Å². The second-order valence-corrected chi connectivity index (χ2v) is 6.70. The van der Waals surface area contributed by atoms with Crippen LogP contribution in [0.25, 0.3) is 0 Å². The van der Waals surface area contributed by atoms with Crippen LogP contribution >= 0.6 is 0 Å². The number of carbonyl (C=O) groups is 1. The molecule has 2 aromatic carbocycles. The Morgan fingerprint density at radius 2 is 1.93 bits per heavy atom. The lowest BCUT2D eigenvalue weighted by Gasteiger charge is -2.24. The number of nitrogen functional groups attached to an aromatic ring is 1. The van der Waals surface area contributed by atoms with Crippen LogP contribution in [0, 0.1) is 11.3 Å². The number of anilines is 1. The maximum Gasteiger partial charge on any atom is 0.232 e. The number of nitrogens with two attached hydrogens (primary N) is 1. The molecule has 0 spiro atoms. The van der Waals surface area contributed by atoms with E-state index < -0.39 is 0 Å². The first-order chi connectivity index (χ1) is 14.1. The molecule has 7 nitrogen and oxygen atoms in total. The Balaban J connectivity index is 1.82. The van der Waals surface area contributed by atoms with Crippen LogP contribution in [0.3, 0.4) is 0 Å². The largest absolute Gasteiger partial charge is 0.398 e. The Labute approximate surface area is 168 Å². The second kappa shape index (κ2) is 7.90. The number of rotatable bonds is 2. The van der Waals surface area contributed by atoms with Crippen molar-refractivity contribution >= 4 is 23.2 Å². The number of amidine groups is 1. The zero-order chi connectivity index (χ0) is 20.2. The number of fused-ring (bicyclic) bond motifs is 6. The number of nitriles is 1. The van der Waals surface area contributed by atoms with Gasteiger partial charge in [-0.25, -0.2) is 9.98 Å². The predicted octanol–water partition coefficient (Wildman–Crippen LogP) is 2.64. The average molecular weight is 382 g/mol. The van der Waals surface area contributed by atoms with Crippen molar-refractivity contribution in [3.63, 3.8) is 0 Å². The Morgan fingerprint density at radius 3 is 2.66 bits per heavy atom. The molecule has 0 saturated heterocycles. The van der Waals surface area contributed by atoms with Gasteiger partial charge in [0.2, 0.25) is 5.91 Å². The van der Waals surface area contributed by atoms with Crippen molar-refractivity contribution in [1.82, 2.24) is 14.9 Å². The van der Waals surface area contributed by atoms with E-state index in [1.807, 2.05) is 24.3 Å². The molecule has 3 heterocycles. The van der Waals surface area contributed by atoms with Gasteiger partial charge in [-0.05, 0) is 35.7 Å². The first-order valence-corrected chi connectivity index (χ1v) is 9.17. The van der Waals surface area contributed by atoms with Crippen molar-refractivity contribution in [3.05, 3.63) is 83.3 Å². The molecule has 142 valence electrons. The molecule has 29 heavy (non-hydrogen) atoms. The Kier molecular flexibility index (Phi) is 4.99. The molecule has 5 rings (SSSR count). The van der Waals surface area contributed by atoms with E-state index in [4.69, 9.17) is 5.73 Å². The van der Waals surface area contributed by atoms with Crippen molar-refractivity contribution in [2.24, 2.45) is 4.99 Å². The van der Waals surface area contributed by atoms with Crippen LogP contribution in [0.2, 0.25) is 0 Å². The Hall–Kier alpha value is -4.05. The number of nitrogens with zero attached hydrogens (tertiary/aromatic N) is 5. The van der Waals surface area contributed by atoms with Gasteiger partial charge in [0.15, 0.2) is 5.82 Å². The van der Waals surface area contributed by atoms with Crippen LogP contribution in [-0.4, -0.2) is 33.2 Å². The lowest BCUT2D eigenvalue weighted by Crippen LogP contribution is -2.39. The highest BCUT2D eigenvalue weighted by molar-refractivity contribution is 6.09. The average Bonchev–Trinajstić information content (AvgIpc) is 2.87. The van der Waals surface area contributed by atoms with Crippen molar-refractivity contribution in [3.8, 4) is 6.07 Å². The molecule has 1 aromatic heterocycles. The lowest BCUT2D eigenvalue weighted by molar-refractivity contribution is -0.126. The van der Waals surface area contributed by atoms with Crippen molar-refractivity contribution in [1.29, 1.82) is 5.26 Å². The minimum Gasteiger partial charge on any atom is -0.398 e. The quantitative estimate of drug-likeness (QED) is 0.416. The molecule has 7 heteroatoms. The van der Waals surface area contributed by atoms with E-state index in [0.29, 0.717) is 41.4 Å². The number of benzene rings is 2. The van der Waals surface area contributed by atoms with Gasteiger partial charge in [0.05, 0.1) is 18.2 Å². The minimum absolute atomic E-state index is 0.0737. The van der Waals surface area contributed by atoms with E-state index in [1.165, 1.54) is 6.20 Å². The summed E-state index contributed by atoms with van der Waals surface area (Å²) in [5.74, 6) is 0.731. The summed E-state index contributed by atoms with van der Waals surface area (Å²) in [6, 6.07) is 15.2. The number of amides is 1. The highest BCUT2D eigenvalue weighted by atomic mass is 16.2. The molecular formula is C22H18N6O. The van der Waals surface area contributed by atoms with E-state index in [-0.39, 0.29) is 12.3 Å². The molecule has 0 unspecified atom stereocenters. The van der Waals surface area contributed by atoms with Gasteiger partial charge in [-0.1, -0.05) is 24.3 Å². The summed E-state index contributed by atoms with van der Waals surface area (Å²) < 4.78 is 0. The molecule has 2 aliphatic heterocycles. The van der Waals surface area contributed by atoms with Crippen molar-refractivity contribution in [2.45, 2.75) is 12.8 Å². The monoisotopic (exact) mass is 382 g/mol. The molecule has 3 aromatic rings. The molecular weight excluding hydrogens is 364 g/mol. The Morgan fingerprint density at radius 1 is 1.14 bits per heavy atom. The summed E-state index contributed by atoms with van der Waals surface area (Å²) in [7, 11) is 0. The third-order valence-corrected chi connectivity index (χ3v) is 4.76. The van der Waals surface area contributed by atoms with Crippen LogP contribution in [-0.2, 0) is 17.6 Å². The summed E-state index contributed by atoms with van der Waals surface area (Å²) in [5, 5.41) is 9.38. The smallest absolute Gasteiger partial charge is 0.232 e. The first kappa shape index (κ1) is 18.3. The predicted molar refractivity (Wildman–Crippen MR) is 109 cm³/mol. The number of hydrogen-bond donors (Lipinski definition) is 1. The summed E-state index contributed by atoms with van der Waals surface area (Å²) in [4.78, 5) is 27.7. The second-order valence-electron chi connectivity index (χ2n) is 6.70. The third-order valence-electron chi connectivity index (χ3n) is 4.76. The SMILES string of the molecule is N#Cc1cc(C(=Nc2cnccn2)N2CCc3ccc(cc3)CC2=O)ccc1N. The van der Waals surface area contributed by atoms with Gasteiger partial charge >= 0.3 is 0 Å². The van der Waals surface area contributed by atoms with Gasteiger partial charge in [0.25, 0.3) is 0 Å². The summed E-state index contributed by atoms with van der Waals surface area (Å²) >= 11 is 0. The van der Waals surface area contributed by atoms with Crippen LogP contribution in [0.4, 0.5) is 11.5 Å². The fraction of sp³-hybridized carbons (Fsp3) is 0.136. The zero-order valence-corrected chi connectivity index (χ0v) is 15.6. The van der Waals surface area contributed by atoms with Gasteiger partial charge < -0.3 is 5.73 Å². The van der Waals surface area contributed by atoms with Gasteiger partial charge in [0, 0.05) is 30.2 Å². The maximum atomic E-state index is 13.2. The molecule has 2 aliphatic rings. The summed E-state index contributed by atoms with van der Waals surface area (Å²) in [6.45, 7) is 0.460. The molecule has 2 bridgehead atoms. The molecule has 0 saturated carbocycles. The summed E-state index contributed by atoms with van der Waals surface area (Å²) in [5.41, 5.74) is 9.30. The van der Waals surface area contributed by atoms with E-state index in [0.717, 1.165) is 11.1 Å². The molecule has 2 N–H and O–H groups in total. The normalized spacial score (nSPS) is 14.1. The highest BCUT2D eigenvalue weighted by Gasteiger charge is 2.23. The van der Waals surface area contributed by atoms with E-state index >= 15 is 0 Å². The number of aliphatic imine (C=N–C) groups is 1. The fourth-order valence-corrected chi connectivity index (χ4v) is 3.21. The Bertz CT molecular complexity index is 1120. The van der Waals surface area contributed by atoms with Crippen LogP contribution in [0.15, 0.2) is 66.0 Å². The van der Waals surface area contributed by atoms with Gasteiger partial charge in [-0.3, -0.25) is 14.7 Å². The number of hydrogen-bond acceptors (Lipinski definition) is 6.